The minimum atomic E-state index is -3.70. The topological polar surface area (TPSA) is 85.9 Å². The summed E-state index contributed by atoms with van der Waals surface area (Å²) in [4.78, 5) is 0. The summed E-state index contributed by atoms with van der Waals surface area (Å²) in [6.45, 7) is 1.98. The molecule has 0 saturated heterocycles. The summed E-state index contributed by atoms with van der Waals surface area (Å²) in [5.74, 6) is -0.0964. The van der Waals surface area contributed by atoms with Crippen molar-refractivity contribution in [2.45, 2.75) is 26.2 Å². The number of unbranched alkanes of at least 4 members (excludes halogenated alkanes) is 2. The fourth-order valence-corrected chi connectivity index (χ4v) is 1.10. The number of rotatable bonds is 4. The zero-order valence-electron chi connectivity index (χ0n) is 8.00. The third-order valence-electron chi connectivity index (χ3n) is 1.01. The van der Waals surface area contributed by atoms with Gasteiger partial charge in [-0.05, 0) is 6.42 Å². The summed E-state index contributed by atoms with van der Waals surface area (Å²) >= 11 is 0. The molecule has 0 aliphatic heterocycles. The van der Waals surface area contributed by atoms with Crippen molar-refractivity contribution in [2.75, 3.05) is 5.75 Å². The Morgan fingerprint density at radius 1 is 1.36 bits per heavy atom. The maximum absolute atomic E-state index is 10.1. The summed E-state index contributed by atoms with van der Waals surface area (Å²) in [5.41, 5.74) is 0. The molecule has 11 heavy (non-hydrogen) atoms. The Labute approximate surface area is 91.2 Å². The minimum absolute atomic E-state index is 0. The maximum atomic E-state index is 10.1. The molecule has 0 aliphatic carbocycles. The van der Waals surface area contributed by atoms with E-state index < -0.39 is 10.1 Å². The molecule has 0 radical (unpaired) electrons. The largest absolute Gasteiger partial charge is 1.00 e. The van der Waals surface area contributed by atoms with E-state index in [0.717, 1.165) is 12.8 Å². The zero-order valence-corrected chi connectivity index (χ0v) is 9.82. The zero-order chi connectivity index (χ0) is 7.33. The second-order valence-electron chi connectivity index (χ2n) is 1.99. The molecule has 66 valence electrons. The Bertz CT molecular complexity index is 159. The van der Waals surface area contributed by atoms with Gasteiger partial charge in [0, 0.05) is 0 Å². The molecular formula is C5H15NaO4S. The van der Waals surface area contributed by atoms with Gasteiger partial charge in [-0.15, -0.1) is 0 Å². The molecule has 0 rings (SSSR count). The number of hydrogen-bond donors (Lipinski definition) is 1. The SMILES string of the molecule is CCCCCS(=O)(=O)O.O.[H-].[Na+]. The third kappa shape index (κ3) is 18.1. The molecule has 0 aromatic heterocycles. The first kappa shape index (κ1) is 17.8. The molecule has 0 saturated carbocycles. The van der Waals surface area contributed by atoms with E-state index in [1.807, 2.05) is 6.92 Å². The van der Waals surface area contributed by atoms with Crippen LogP contribution in [0.15, 0.2) is 0 Å². The van der Waals surface area contributed by atoms with Crippen LogP contribution in [0.4, 0.5) is 0 Å². The Morgan fingerprint density at radius 2 is 1.82 bits per heavy atom. The van der Waals surface area contributed by atoms with Crippen LogP contribution in [0.25, 0.3) is 0 Å². The van der Waals surface area contributed by atoms with Crippen LogP contribution in [0.1, 0.15) is 27.6 Å². The van der Waals surface area contributed by atoms with Gasteiger partial charge in [0.05, 0.1) is 5.75 Å². The third-order valence-corrected chi connectivity index (χ3v) is 1.81. The van der Waals surface area contributed by atoms with Crippen molar-refractivity contribution in [3.8, 4) is 0 Å². The van der Waals surface area contributed by atoms with E-state index in [4.69, 9.17) is 4.55 Å². The summed E-state index contributed by atoms with van der Waals surface area (Å²) in [5, 5.41) is 0. The van der Waals surface area contributed by atoms with Gasteiger partial charge in [0.1, 0.15) is 0 Å². The van der Waals surface area contributed by atoms with Crippen LogP contribution >= 0.6 is 0 Å². The van der Waals surface area contributed by atoms with Crippen LogP contribution < -0.4 is 29.6 Å². The molecular weight excluding hydrogens is 179 g/mol. The van der Waals surface area contributed by atoms with E-state index in [2.05, 4.69) is 0 Å². The Balaban J connectivity index is -0.000000107. The fraction of sp³-hybridized carbons (Fsp3) is 1.00. The van der Waals surface area contributed by atoms with Gasteiger partial charge in [0.2, 0.25) is 0 Å². The van der Waals surface area contributed by atoms with E-state index in [-0.39, 0.29) is 42.2 Å². The monoisotopic (exact) mass is 194 g/mol. The molecule has 0 heterocycles. The molecule has 0 unspecified atom stereocenters. The predicted octanol–water partition coefficient (Wildman–Crippen LogP) is -2.64. The van der Waals surface area contributed by atoms with E-state index in [1.165, 1.54) is 0 Å². The van der Waals surface area contributed by atoms with Crippen molar-refractivity contribution in [1.82, 2.24) is 0 Å². The average Bonchev–Trinajstić information content (AvgIpc) is 1.63. The normalized spacial score (nSPS) is 9.64. The van der Waals surface area contributed by atoms with Gasteiger partial charge < -0.3 is 6.90 Å². The van der Waals surface area contributed by atoms with Crippen LogP contribution in [0.3, 0.4) is 0 Å². The molecule has 0 aromatic rings. The summed E-state index contributed by atoms with van der Waals surface area (Å²) < 4.78 is 28.3. The molecule has 0 bridgehead atoms. The molecule has 0 amide bonds. The van der Waals surface area contributed by atoms with Crippen LogP contribution in [0, 0.1) is 0 Å². The van der Waals surface area contributed by atoms with Crippen molar-refractivity contribution in [3.05, 3.63) is 0 Å². The first-order valence-corrected chi connectivity index (χ1v) is 4.62. The predicted molar refractivity (Wildman–Crippen MR) is 40.7 cm³/mol. The van der Waals surface area contributed by atoms with Crippen molar-refractivity contribution in [3.63, 3.8) is 0 Å². The van der Waals surface area contributed by atoms with E-state index in [0.29, 0.717) is 6.42 Å². The smallest absolute Gasteiger partial charge is 1.00 e. The van der Waals surface area contributed by atoms with E-state index in [9.17, 15) is 8.42 Å². The van der Waals surface area contributed by atoms with Gasteiger partial charge in [0.25, 0.3) is 10.1 Å². The fourth-order valence-electron chi connectivity index (χ4n) is 0.534. The molecule has 4 nitrogen and oxygen atoms in total. The van der Waals surface area contributed by atoms with Gasteiger partial charge in [0.15, 0.2) is 0 Å². The molecule has 6 heteroatoms. The molecule has 3 N–H and O–H groups in total. The van der Waals surface area contributed by atoms with Gasteiger partial charge in [-0.2, -0.15) is 8.42 Å². The summed E-state index contributed by atoms with van der Waals surface area (Å²) in [6, 6.07) is 0. The van der Waals surface area contributed by atoms with Gasteiger partial charge in [-0.1, -0.05) is 19.8 Å². The van der Waals surface area contributed by atoms with E-state index >= 15 is 0 Å². The Hall–Kier alpha value is 0.870. The van der Waals surface area contributed by atoms with Crippen molar-refractivity contribution < 1.29 is 49.4 Å². The van der Waals surface area contributed by atoms with Crippen LogP contribution in [-0.2, 0) is 10.1 Å². The average molecular weight is 194 g/mol. The standard InChI is InChI=1S/C5H12O3S.Na.H2O.H/c1-2-3-4-5-9(6,7)8;;;/h2-5H2,1H3,(H,6,7,8);;1H2;/q;+1;;-1. The van der Waals surface area contributed by atoms with Gasteiger partial charge in [-0.25, -0.2) is 0 Å². The second-order valence-corrected chi connectivity index (χ2v) is 3.57. The Kier molecular flexibility index (Phi) is 14.5. The van der Waals surface area contributed by atoms with Crippen LogP contribution in [-0.4, -0.2) is 24.2 Å². The number of hydrogen-bond acceptors (Lipinski definition) is 2. The van der Waals surface area contributed by atoms with Crippen LogP contribution in [0.5, 0.6) is 0 Å². The summed E-state index contributed by atoms with van der Waals surface area (Å²) in [7, 11) is -3.70. The molecule has 0 atom stereocenters. The Morgan fingerprint density at radius 3 is 2.09 bits per heavy atom. The van der Waals surface area contributed by atoms with Crippen molar-refractivity contribution in [1.29, 1.82) is 0 Å². The minimum Gasteiger partial charge on any atom is -1.00 e. The first-order valence-electron chi connectivity index (χ1n) is 3.01. The molecule has 0 aliphatic rings. The molecule has 0 aromatic carbocycles. The molecule has 0 spiro atoms. The quantitative estimate of drug-likeness (QED) is 0.301. The van der Waals surface area contributed by atoms with Gasteiger partial charge in [-0.3, -0.25) is 4.55 Å². The van der Waals surface area contributed by atoms with Crippen LogP contribution in [0.2, 0.25) is 0 Å². The van der Waals surface area contributed by atoms with Crippen molar-refractivity contribution >= 4 is 10.1 Å². The van der Waals surface area contributed by atoms with Gasteiger partial charge >= 0.3 is 29.6 Å². The first-order chi connectivity index (χ1) is 4.06. The molecule has 0 fully saturated rings. The van der Waals surface area contributed by atoms with Crippen molar-refractivity contribution in [2.24, 2.45) is 0 Å². The maximum Gasteiger partial charge on any atom is 1.00 e. The second kappa shape index (κ2) is 8.96. The summed E-state index contributed by atoms with van der Waals surface area (Å²) in [6.07, 6.45) is 2.39. The van der Waals surface area contributed by atoms with E-state index in [1.54, 1.807) is 0 Å².